The highest BCUT2D eigenvalue weighted by atomic mass is 35.5. The van der Waals surface area contributed by atoms with Gasteiger partial charge >= 0.3 is 0 Å². The lowest BCUT2D eigenvalue weighted by atomic mass is 9.95. The Morgan fingerprint density at radius 3 is 2.75 bits per heavy atom. The Bertz CT molecular complexity index is 567. The van der Waals surface area contributed by atoms with E-state index in [1.807, 2.05) is 4.90 Å². The molecule has 2 heterocycles. The fourth-order valence-electron chi connectivity index (χ4n) is 3.43. The van der Waals surface area contributed by atoms with Crippen LogP contribution in [-0.4, -0.2) is 55.0 Å². The van der Waals surface area contributed by atoms with E-state index < -0.39 is 0 Å². The lowest BCUT2D eigenvalue weighted by Crippen LogP contribution is -2.51. The number of likely N-dealkylation sites (tertiary alicyclic amines) is 1. The number of carbonyl (C=O) groups is 1. The van der Waals surface area contributed by atoms with Crippen molar-refractivity contribution in [2.45, 2.75) is 19.4 Å². The van der Waals surface area contributed by atoms with E-state index in [-0.39, 0.29) is 30.0 Å². The predicted octanol–water partition coefficient (Wildman–Crippen LogP) is 2.54. The number of nitrogens with zero attached hydrogens (tertiary/aromatic N) is 2. The van der Waals surface area contributed by atoms with Crippen molar-refractivity contribution in [1.29, 1.82) is 0 Å². The molecule has 1 N–H and O–H groups in total. The van der Waals surface area contributed by atoms with Crippen LogP contribution in [0.4, 0.5) is 4.39 Å². The normalized spacial score (nSPS) is 22.1. The average molecular weight is 376 g/mol. The second kappa shape index (κ2) is 8.99. The van der Waals surface area contributed by atoms with Gasteiger partial charge in [0.25, 0.3) is 0 Å². The zero-order chi connectivity index (χ0) is 16.2. The molecule has 1 amide bonds. The van der Waals surface area contributed by atoms with Crippen molar-refractivity contribution in [1.82, 2.24) is 15.1 Å². The van der Waals surface area contributed by atoms with Gasteiger partial charge in [-0.2, -0.15) is 0 Å². The summed E-state index contributed by atoms with van der Waals surface area (Å²) in [6.45, 7) is 5.49. The molecule has 4 nitrogen and oxygen atoms in total. The molecular formula is C17H24Cl2FN3O. The van der Waals surface area contributed by atoms with E-state index in [0.717, 1.165) is 45.6 Å². The molecule has 134 valence electrons. The van der Waals surface area contributed by atoms with Crippen LogP contribution in [0.1, 0.15) is 18.4 Å². The second-order valence-electron chi connectivity index (χ2n) is 6.39. The first-order valence-corrected chi connectivity index (χ1v) is 8.67. The third kappa shape index (κ3) is 4.82. The first-order chi connectivity index (χ1) is 11.1. The fraction of sp³-hybridized carbons (Fsp3) is 0.588. The van der Waals surface area contributed by atoms with Crippen molar-refractivity contribution >= 4 is 29.9 Å². The second-order valence-corrected chi connectivity index (χ2v) is 6.82. The summed E-state index contributed by atoms with van der Waals surface area (Å²) in [7, 11) is 0. The number of piperidine rings is 1. The number of nitrogens with one attached hydrogen (secondary N) is 1. The molecule has 24 heavy (non-hydrogen) atoms. The van der Waals surface area contributed by atoms with Gasteiger partial charge in [-0.25, -0.2) is 4.39 Å². The van der Waals surface area contributed by atoms with E-state index in [1.54, 1.807) is 12.1 Å². The highest BCUT2D eigenvalue weighted by Crippen LogP contribution is 2.22. The summed E-state index contributed by atoms with van der Waals surface area (Å²) in [6.07, 6.45) is 1.92. The molecule has 1 atom stereocenters. The van der Waals surface area contributed by atoms with Crippen molar-refractivity contribution in [3.8, 4) is 0 Å². The Morgan fingerprint density at radius 2 is 2.04 bits per heavy atom. The minimum atomic E-state index is -0.270. The number of amides is 1. The number of halogens is 3. The predicted molar refractivity (Wildman–Crippen MR) is 96.1 cm³/mol. The Kier molecular flexibility index (Phi) is 7.29. The fourth-order valence-corrected chi connectivity index (χ4v) is 3.59. The van der Waals surface area contributed by atoms with Gasteiger partial charge in [-0.05, 0) is 31.5 Å². The number of benzene rings is 1. The molecule has 0 aliphatic carbocycles. The van der Waals surface area contributed by atoms with E-state index in [1.165, 1.54) is 6.07 Å². The summed E-state index contributed by atoms with van der Waals surface area (Å²) in [5, 5.41) is 3.68. The maximum absolute atomic E-state index is 14.0. The molecule has 2 aliphatic rings. The molecule has 7 heteroatoms. The van der Waals surface area contributed by atoms with Gasteiger partial charge in [0.15, 0.2) is 0 Å². The first kappa shape index (κ1) is 19.4. The molecule has 1 unspecified atom stereocenters. The minimum Gasteiger partial charge on any atom is -0.340 e. The maximum atomic E-state index is 14.0. The van der Waals surface area contributed by atoms with E-state index in [9.17, 15) is 9.18 Å². The van der Waals surface area contributed by atoms with Crippen LogP contribution in [0.15, 0.2) is 18.2 Å². The number of piperazine rings is 1. The van der Waals surface area contributed by atoms with Crippen LogP contribution < -0.4 is 5.32 Å². The molecular weight excluding hydrogens is 352 g/mol. The largest absolute Gasteiger partial charge is 0.340 e. The van der Waals surface area contributed by atoms with Crippen LogP contribution in [0, 0.1) is 11.7 Å². The van der Waals surface area contributed by atoms with Gasteiger partial charge in [0.05, 0.1) is 5.92 Å². The smallest absolute Gasteiger partial charge is 0.227 e. The minimum absolute atomic E-state index is 0. The van der Waals surface area contributed by atoms with Crippen LogP contribution in [0.3, 0.4) is 0 Å². The molecule has 2 aliphatic heterocycles. The van der Waals surface area contributed by atoms with Gasteiger partial charge in [0.1, 0.15) is 5.82 Å². The van der Waals surface area contributed by atoms with Crippen LogP contribution in [0.5, 0.6) is 0 Å². The molecule has 0 spiro atoms. The summed E-state index contributed by atoms with van der Waals surface area (Å²) in [4.78, 5) is 16.8. The van der Waals surface area contributed by atoms with Crippen molar-refractivity contribution in [3.05, 3.63) is 34.6 Å². The van der Waals surface area contributed by atoms with Crippen molar-refractivity contribution in [2.75, 3.05) is 39.3 Å². The van der Waals surface area contributed by atoms with E-state index in [4.69, 9.17) is 11.6 Å². The topological polar surface area (TPSA) is 35.6 Å². The quantitative estimate of drug-likeness (QED) is 0.881. The molecule has 0 aromatic heterocycles. The lowest BCUT2D eigenvalue weighted by molar-refractivity contribution is -0.138. The van der Waals surface area contributed by atoms with E-state index in [2.05, 4.69) is 10.2 Å². The number of hydrogen-bond acceptors (Lipinski definition) is 3. The summed E-state index contributed by atoms with van der Waals surface area (Å²) in [6, 6.07) is 4.80. The molecule has 0 radical (unpaired) electrons. The van der Waals surface area contributed by atoms with E-state index in [0.29, 0.717) is 23.7 Å². The Morgan fingerprint density at radius 1 is 1.29 bits per heavy atom. The van der Waals surface area contributed by atoms with Crippen LogP contribution in [0.25, 0.3) is 0 Å². The van der Waals surface area contributed by atoms with Crippen LogP contribution in [0.2, 0.25) is 5.02 Å². The monoisotopic (exact) mass is 375 g/mol. The maximum Gasteiger partial charge on any atom is 0.227 e. The van der Waals surface area contributed by atoms with Crippen LogP contribution in [-0.2, 0) is 11.3 Å². The summed E-state index contributed by atoms with van der Waals surface area (Å²) >= 11 is 5.80. The molecule has 1 aromatic rings. The highest BCUT2D eigenvalue weighted by Gasteiger charge is 2.30. The van der Waals surface area contributed by atoms with E-state index >= 15 is 0 Å². The molecule has 0 saturated carbocycles. The van der Waals surface area contributed by atoms with Crippen molar-refractivity contribution in [3.63, 3.8) is 0 Å². The molecule has 2 fully saturated rings. The summed E-state index contributed by atoms with van der Waals surface area (Å²) in [5.41, 5.74) is 0.643. The third-order valence-electron chi connectivity index (χ3n) is 4.69. The zero-order valence-electron chi connectivity index (χ0n) is 13.6. The molecule has 1 aromatic carbocycles. The molecule has 0 bridgehead atoms. The zero-order valence-corrected chi connectivity index (χ0v) is 15.2. The lowest BCUT2D eigenvalue weighted by Gasteiger charge is -2.36. The summed E-state index contributed by atoms with van der Waals surface area (Å²) in [5.74, 6) is 0.0260. The standard InChI is InChI=1S/C17H23ClFN3O.ClH/c18-15-4-3-13(16(19)10-15)11-21-7-1-2-14(12-21)17(23)22-8-5-20-6-9-22;/h3-4,10,14,20H,1-2,5-9,11-12H2;1H. The number of carbonyl (C=O) groups excluding carboxylic acids is 1. The van der Waals surface area contributed by atoms with Gasteiger partial charge in [-0.1, -0.05) is 17.7 Å². The Labute approximate surface area is 153 Å². The average Bonchev–Trinajstić information content (AvgIpc) is 2.58. The molecule has 2 saturated heterocycles. The highest BCUT2D eigenvalue weighted by molar-refractivity contribution is 6.30. The van der Waals surface area contributed by atoms with Gasteiger partial charge in [-0.3, -0.25) is 9.69 Å². The third-order valence-corrected chi connectivity index (χ3v) is 4.93. The van der Waals surface area contributed by atoms with Crippen molar-refractivity contribution in [2.24, 2.45) is 5.92 Å². The van der Waals surface area contributed by atoms with Gasteiger partial charge in [0, 0.05) is 49.9 Å². The number of rotatable bonds is 3. The Balaban J connectivity index is 0.00000208. The molecule has 3 rings (SSSR count). The van der Waals surface area contributed by atoms with Crippen molar-refractivity contribution < 1.29 is 9.18 Å². The van der Waals surface area contributed by atoms with Crippen LogP contribution >= 0.6 is 24.0 Å². The van der Waals surface area contributed by atoms with Gasteiger partial charge < -0.3 is 10.2 Å². The van der Waals surface area contributed by atoms with Gasteiger partial charge in [0.2, 0.25) is 5.91 Å². The number of hydrogen-bond donors (Lipinski definition) is 1. The Hall–Kier alpha value is -0.880. The first-order valence-electron chi connectivity index (χ1n) is 8.29. The summed E-state index contributed by atoms with van der Waals surface area (Å²) < 4.78 is 14.0. The van der Waals surface area contributed by atoms with Gasteiger partial charge in [-0.15, -0.1) is 12.4 Å². The SMILES string of the molecule is Cl.O=C(C1CCCN(Cc2ccc(Cl)cc2F)C1)N1CCNCC1.